The summed E-state index contributed by atoms with van der Waals surface area (Å²) in [6.07, 6.45) is 16.4. The second-order valence-electron chi connectivity index (χ2n) is 7.05. The van der Waals surface area contributed by atoms with Crippen molar-refractivity contribution in [1.82, 2.24) is 9.97 Å². The van der Waals surface area contributed by atoms with Gasteiger partial charge in [-0.15, -0.1) is 0 Å². The van der Waals surface area contributed by atoms with Gasteiger partial charge < -0.3 is 4.74 Å². The van der Waals surface area contributed by atoms with E-state index in [4.69, 9.17) is 4.74 Å². The van der Waals surface area contributed by atoms with E-state index in [1.54, 1.807) is 12.3 Å². The molecule has 0 amide bonds. The molecule has 2 rings (SSSR count). The van der Waals surface area contributed by atoms with Gasteiger partial charge in [-0.25, -0.2) is 4.39 Å². The predicted octanol–water partition coefficient (Wildman–Crippen LogP) is 6.75. The van der Waals surface area contributed by atoms with E-state index in [2.05, 4.69) is 16.9 Å². The van der Waals surface area contributed by atoms with Gasteiger partial charge >= 0.3 is 0 Å². The summed E-state index contributed by atoms with van der Waals surface area (Å²) < 4.78 is 19.2. The minimum Gasteiger partial charge on any atom is -0.491 e. The van der Waals surface area contributed by atoms with Gasteiger partial charge in [-0.2, -0.15) is 0 Å². The maximum atomic E-state index is 14.0. The van der Waals surface area contributed by atoms with E-state index in [0.29, 0.717) is 12.3 Å². The van der Waals surface area contributed by atoms with Crippen LogP contribution >= 0.6 is 0 Å². The van der Waals surface area contributed by atoms with Gasteiger partial charge in [0.05, 0.1) is 24.2 Å². The number of benzene rings is 1. The first-order valence-electron chi connectivity index (χ1n) is 10.5. The number of aromatic nitrogens is 2. The molecule has 0 aliphatic carbocycles. The lowest BCUT2D eigenvalue weighted by Gasteiger charge is -2.07. The van der Waals surface area contributed by atoms with Gasteiger partial charge in [0.1, 0.15) is 0 Å². The van der Waals surface area contributed by atoms with E-state index in [1.807, 2.05) is 19.2 Å². The molecule has 27 heavy (non-hydrogen) atoms. The standard InChI is InChI=1S/C23H33FN2O/c1-3-5-6-7-8-9-10-11-12-13-20-17-26-22(18-25-20)19-14-15-23(27-4-2)21(24)16-19/h14-18H,3-13H2,1-2H3. The van der Waals surface area contributed by atoms with E-state index < -0.39 is 0 Å². The zero-order valence-electron chi connectivity index (χ0n) is 16.8. The second kappa shape index (κ2) is 12.4. The van der Waals surface area contributed by atoms with Crippen molar-refractivity contribution < 1.29 is 9.13 Å². The summed E-state index contributed by atoms with van der Waals surface area (Å²) in [7, 11) is 0. The summed E-state index contributed by atoms with van der Waals surface area (Å²) in [5, 5.41) is 0. The molecule has 1 heterocycles. The van der Waals surface area contributed by atoms with Crippen LogP contribution in [0.2, 0.25) is 0 Å². The molecule has 2 aromatic rings. The largest absolute Gasteiger partial charge is 0.491 e. The highest BCUT2D eigenvalue weighted by Crippen LogP contribution is 2.24. The highest BCUT2D eigenvalue weighted by molar-refractivity contribution is 5.59. The second-order valence-corrected chi connectivity index (χ2v) is 7.05. The van der Waals surface area contributed by atoms with Crippen LogP contribution in [0.25, 0.3) is 11.3 Å². The zero-order valence-corrected chi connectivity index (χ0v) is 16.8. The summed E-state index contributed by atoms with van der Waals surface area (Å²) >= 11 is 0. The molecule has 0 saturated carbocycles. The van der Waals surface area contributed by atoms with Crippen LogP contribution in [0.15, 0.2) is 30.6 Å². The van der Waals surface area contributed by atoms with Crippen LogP contribution in [0.3, 0.4) is 0 Å². The van der Waals surface area contributed by atoms with Gasteiger partial charge in [0, 0.05) is 11.8 Å². The first-order valence-corrected chi connectivity index (χ1v) is 10.5. The minimum absolute atomic E-state index is 0.274. The fourth-order valence-electron chi connectivity index (χ4n) is 3.18. The van der Waals surface area contributed by atoms with Crippen molar-refractivity contribution in [1.29, 1.82) is 0 Å². The molecule has 0 N–H and O–H groups in total. The average Bonchev–Trinajstić information content (AvgIpc) is 2.69. The molecule has 0 radical (unpaired) electrons. The van der Waals surface area contributed by atoms with E-state index >= 15 is 0 Å². The predicted molar refractivity (Wildman–Crippen MR) is 110 cm³/mol. The molecular formula is C23H33FN2O. The fourth-order valence-corrected chi connectivity index (χ4v) is 3.18. The Morgan fingerprint density at radius 3 is 2.15 bits per heavy atom. The Labute approximate surface area is 163 Å². The third kappa shape index (κ3) is 7.66. The summed E-state index contributed by atoms with van der Waals surface area (Å²) in [4.78, 5) is 8.95. The van der Waals surface area contributed by atoms with Gasteiger partial charge in [-0.05, 0) is 38.0 Å². The van der Waals surface area contributed by atoms with Crippen molar-refractivity contribution in [2.45, 2.75) is 78.1 Å². The molecular weight excluding hydrogens is 339 g/mol. The normalized spacial score (nSPS) is 10.9. The number of unbranched alkanes of at least 4 members (excludes halogenated alkanes) is 8. The lowest BCUT2D eigenvalue weighted by Crippen LogP contribution is -1.96. The summed E-state index contributed by atoms with van der Waals surface area (Å²) in [6, 6.07) is 4.92. The van der Waals surface area contributed by atoms with Crippen LogP contribution in [0, 0.1) is 5.82 Å². The van der Waals surface area contributed by atoms with Crippen LogP contribution in [0.1, 0.15) is 77.3 Å². The smallest absolute Gasteiger partial charge is 0.165 e. The Hall–Kier alpha value is -1.97. The highest BCUT2D eigenvalue weighted by Gasteiger charge is 2.07. The molecule has 0 spiro atoms. The molecule has 0 atom stereocenters. The zero-order chi connectivity index (χ0) is 19.3. The molecule has 0 aliphatic rings. The number of halogens is 1. The van der Waals surface area contributed by atoms with E-state index in [1.165, 1.54) is 57.4 Å². The lowest BCUT2D eigenvalue weighted by molar-refractivity contribution is 0.321. The number of aryl methyl sites for hydroxylation is 1. The number of hydrogen-bond acceptors (Lipinski definition) is 3. The van der Waals surface area contributed by atoms with Crippen molar-refractivity contribution in [2.75, 3.05) is 6.61 Å². The molecule has 0 unspecified atom stereocenters. The quantitative estimate of drug-likeness (QED) is 0.365. The highest BCUT2D eigenvalue weighted by atomic mass is 19.1. The first kappa shape index (κ1) is 21.3. The number of hydrogen-bond donors (Lipinski definition) is 0. The molecule has 0 bridgehead atoms. The Balaban J connectivity index is 1.71. The maximum Gasteiger partial charge on any atom is 0.165 e. The van der Waals surface area contributed by atoms with E-state index in [-0.39, 0.29) is 11.6 Å². The topological polar surface area (TPSA) is 35.0 Å². The van der Waals surface area contributed by atoms with Crippen molar-refractivity contribution in [2.24, 2.45) is 0 Å². The van der Waals surface area contributed by atoms with Gasteiger partial charge in [-0.1, -0.05) is 58.3 Å². The van der Waals surface area contributed by atoms with Crippen molar-refractivity contribution >= 4 is 0 Å². The average molecular weight is 373 g/mol. The van der Waals surface area contributed by atoms with E-state index in [0.717, 1.165) is 24.1 Å². The summed E-state index contributed by atoms with van der Waals surface area (Å²) in [5.41, 5.74) is 2.42. The lowest BCUT2D eigenvalue weighted by atomic mass is 10.1. The van der Waals surface area contributed by atoms with Crippen molar-refractivity contribution in [3.05, 3.63) is 42.1 Å². The van der Waals surface area contributed by atoms with Crippen molar-refractivity contribution in [3.8, 4) is 17.0 Å². The van der Waals surface area contributed by atoms with Crippen LogP contribution < -0.4 is 4.74 Å². The summed E-state index contributed by atoms with van der Waals surface area (Å²) in [5.74, 6) is -0.0916. The maximum absolute atomic E-state index is 14.0. The van der Waals surface area contributed by atoms with Gasteiger partial charge in [0.2, 0.25) is 0 Å². The SMILES string of the molecule is CCCCCCCCCCCc1cnc(-c2ccc(OCC)c(F)c2)cn1. The van der Waals surface area contributed by atoms with E-state index in [9.17, 15) is 4.39 Å². The van der Waals surface area contributed by atoms with Crippen LogP contribution in [-0.4, -0.2) is 16.6 Å². The Morgan fingerprint density at radius 2 is 1.56 bits per heavy atom. The van der Waals surface area contributed by atoms with Gasteiger partial charge in [0.15, 0.2) is 11.6 Å². The Morgan fingerprint density at radius 1 is 0.852 bits per heavy atom. The van der Waals surface area contributed by atoms with Crippen LogP contribution in [-0.2, 0) is 6.42 Å². The van der Waals surface area contributed by atoms with Gasteiger partial charge in [0.25, 0.3) is 0 Å². The molecule has 0 fully saturated rings. The number of ether oxygens (including phenoxy) is 1. The third-order valence-corrected chi connectivity index (χ3v) is 4.77. The Kier molecular flexibility index (Phi) is 9.81. The third-order valence-electron chi connectivity index (χ3n) is 4.77. The van der Waals surface area contributed by atoms with Crippen LogP contribution in [0.5, 0.6) is 5.75 Å². The summed E-state index contributed by atoms with van der Waals surface area (Å²) in [6.45, 7) is 4.54. The molecule has 3 nitrogen and oxygen atoms in total. The number of rotatable bonds is 13. The monoisotopic (exact) mass is 372 g/mol. The molecule has 4 heteroatoms. The molecule has 1 aromatic heterocycles. The van der Waals surface area contributed by atoms with Crippen molar-refractivity contribution in [3.63, 3.8) is 0 Å². The molecule has 148 valence electrons. The molecule has 0 aliphatic heterocycles. The molecule has 0 saturated heterocycles. The minimum atomic E-state index is -0.366. The molecule has 1 aromatic carbocycles. The fraction of sp³-hybridized carbons (Fsp3) is 0.565. The Bertz CT molecular complexity index is 658. The van der Waals surface area contributed by atoms with Gasteiger partial charge in [-0.3, -0.25) is 9.97 Å². The number of nitrogens with zero attached hydrogens (tertiary/aromatic N) is 2. The van der Waals surface area contributed by atoms with Crippen LogP contribution in [0.4, 0.5) is 4.39 Å². The first-order chi connectivity index (χ1) is 13.2.